The third kappa shape index (κ3) is 4.13. The van der Waals surface area contributed by atoms with Gasteiger partial charge in [-0.3, -0.25) is 0 Å². The monoisotopic (exact) mass is 267 g/mol. The largest absolute Gasteiger partial charge is 0.367 e. The van der Waals surface area contributed by atoms with Crippen LogP contribution in [0.5, 0.6) is 0 Å². The number of hydrogen-bond acceptors (Lipinski definition) is 3. The second-order valence-corrected chi connectivity index (χ2v) is 5.43. The quantitative estimate of drug-likeness (QED) is 0.656. The first-order valence-corrected chi connectivity index (χ1v) is 7.45. The third-order valence-corrected chi connectivity index (χ3v) is 3.63. The average molecular weight is 268 g/mol. The molecule has 1 aliphatic rings. The van der Waals surface area contributed by atoms with Crippen LogP contribution in [0.2, 0.25) is 5.28 Å². The summed E-state index contributed by atoms with van der Waals surface area (Å²) in [5, 5.41) is 3.88. The molecular weight excluding hydrogens is 246 g/mol. The fraction of sp³-hybridized carbons (Fsp3) is 0.714. The lowest BCUT2D eigenvalue weighted by Gasteiger charge is -2.17. The van der Waals surface area contributed by atoms with Gasteiger partial charge in [-0.15, -0.1) is 0 Å². The minimum atomic E-state index is 0.358. The van der Waals surface area contributed by atoms with E-state index in [0.29, 0.717) is 11.3 Å². The molecule has 0 bridgehead atoms. The number of halogens is 1. The van der Waals surface area contributed by atoms with E-state index in [9.17, 15) is 0 Å². The van der Waals surface area contributed by atoms with Gasteiger partial charge in [0, 0.05) is 17.8 Å². The van der Waals surface area contributed by atoms with Crippen molar-refractivity contribution in [3.8, 4) is 0 Å². The molecule has 0 spiro atoms. The molecule has 0 unspecified atom stereocenters. The van der Waals surface area contributed by atoms with Crippen molar-refractivity contribution in [3.63, 3.8) is 0 Å². The van der Waals surface area contributed by atoms with Crippen molar-refractivity contribution in [2.45, 2.75) is 64.3 Å². The summed E-state index contributed by atoms with van der Waals surface area (Å²) in [7, 11) is 0. The molecule has 0 aromatic carbocycles. The lowest BCUT2D eigenvalue weighted by atomic mass is 10.1. The van der Waals surface area contributed by atoms with Gasteiger partial charge >= 0.3 is 0 Å². The Kier molecular flexibility index (Phi) is 5.24. The Balaban J connectivity index is 2.02. The number of aromatic nitrogens is 2. The molecule has 3 nitrogen and oxygen atoms in total. The smallest absolute Gasteiger partial charge is 0.224 e. The minimum Gasteiger partial charge on any atom is -0.367 e. The van der Waals surface area contributed by atoms with Crippen LogP contribution in [0.1, 0.15) is 57.6 Å². The second kappa shape index (κ2) is 6.93. The number of nitrogens with zero attached hydrogens (tertiary/aromatic N) is 2. The molecule has 1 aliphatic carbocycles. The number of rotatable bonds is 4. The van der Waals surface area contributed by atoms with Crippen LogP contribution < -0.4 is 5.32 Å². The fourth-order valence-electron chi connectivity index (χ4n) is 2.56. The zero-order valence-corrected chi connectivity index (χ0v) is 11.8. The van der Waals surface area contributed by atoms with Gasteiger partial charge in [0.1, 0.15) is 5.82 Å². The summed E-state index contributed by atoms with van der Waals surface area (Å²) in [6, 6.07) is 2.59. The van der Waals surface area contributed by atoms with Gasteiger partial charge in [-0.1, -0.05) is 39.0 Å². The topological polar surface area (TPSA) is 37.8 Å². The standard InChI is InChI=1S/C14H22ClN3/c1-2-7-12-10-13(18-14(15)17-12)16-11-8-5-3-4-6-9-11/h10-11H,2-9H2,1H3,(H,16,17,18). The Bertz CT molecular complexity index is 373. The minimum absolute atomic E-state index is 0.358. The van der Waals surface area contributed by atoms with Crippen LogP contribution in [0.3, 0.4) is 0 Å². The molecule has 0 saturated heterocycles. The highest BCUT2D eigenvalue weighted by Crippen LogP contribution is 2.21. The SMILES string of the molecule is CCCc1cc(NC2CCCCCC2)nc(Cl)n1. The summed E-state index contributed by atoms with van der Waals surface area (Å²) in [5.74, 6) is 0.894. The first-order chi connectivity index (χ1) is 8.78. The summed E-state index contributed by atoms with van der Waals surface area (Å²) in [6.45, 7) is 2.15. The molecule has 18 heavy (non-hydrogen) atoms. The Morgan fingerprint density at radius 1 is 1.22 bits per heavy atom. The molecule has 0 amide bonds. The van der Waals surface area contributed by atoms with Crippen molar-refractivity contribution in [2.75, 3.05) is 5.32 Å². The molecule has 100 valence electrons. The first kappa shape index (κ1) is 13.6. The highest BCUT2D eigenvalue weighted by Gasteiger charge is 2.13. The Morgan fingerprint density at radius 3 is 2.61 bits per heavy atom. The highest BCUT2D eigenvalue weighted by molar-refractivity contribution is 6.28. The molecule has 0 atom stereocenters. The summed E-state index contributed by atoms with van der Waals surface area (Å²) in [5.41, 5.74) is 1.04. The molecule has 0 radical (unpaired) electrons. The fourth-order valence-corrected chi connectivity index (χ4v) is 2.76. The van der Waals surface area contributed by atoms with E-state index in [4.69, 9.17) is 11.6 Å². The zero-order chi connectivity index (χ0) is 12.8. The number of anilines is 1. The normalized spacial score (nSPS) is 17.4. The maximum Gasteiger partial charge on any atom is 0.224 e. The number of hydrogen-bond donors (Lipinski definition) is 1. The average Bonchev–Trinajstić information content (AvgIpc) is 2.57. The van der Waals surface area contributed by atoms with E-state index in [2.05, 4.69) is 22.2 Å². The maximum absolute atomic E-state index is 5.97. The highest BCUT2D eigenvalue weighted by atomic mass is 35.5. The molecule has 1 saturated carbocycles. The van der Waals surface area contributed by atoms with Crippen molar-refractivity contribution < 1.29 is 0 Å². The second-order valence-electron chi connectivity index (χ2n) is 5.10. The van der Waals surface area contributed by atoms with Gasteiger partial charge in [0.2, 0.25) is 5.28 Å². The number of nitrogens with one attached hydrogen (secondary N) is 1. The lowest BCUT2D eigenvalue weighted by molar-refractivity contribution is 0.617. The van der Waals surface area contributed by atoms with Gasteiger partial charge in [-0.25, -0.2) is 9.97 Å². The predicted octanol–water partition coefficient (Wildman–Crippen LogP) is 4.22. The first-order valence-electron chi connectivity index (χ1n) is 7.08. The van der Waals surface area contributed by atoms with Gasteiger partial charge in [-0.2, -0.15) is 0 Å². The van der Waals surface area contributed by atoms with Gasteiger partial charge in [0.05, 0.1) is 0 Å². The molecule has 1 aromatic heterocycles. The molecule has 1 heterocycles. The van der Waals surface area contributed by atoms with Crippen molar-refractivity contribution >= 4 is 17.4 Å². The zero-order valence-electron chi connectivity index (χ0n) is 11.1. The van der Waals surface area contributed by atoms with Gasteiger partial charge in [-0.05, 0) is 30.9 Å². The van der Waals surface area contributed by atoms with E-state index in [0.717, 1.165) is 24.4 Å². The predicted molar refractivity (Wildman–Crippen MR) is 76.1 cm³/mol. The maximum atomic E-state index is 5.97. The summed E-state index contributed by atoms with van der Waals surface area (Å²) >= 11 is 5.97. The van der Waals surface area contributed by atoms with E-state index < -0.39 is 0 Å². The molecule has 0 aliphatic heterocycles. The van der Waals surface area contributed by atoms with E-state index in [1.165, 1.54) is 38.5 Å². The van der Waals surface area contributed by atoms with Crippen LogP contribution in [0.15, 0.2) is 6.07 Å². The van der Waals surface area contributed by atoms with Crippen LogP contribution in [-0.4, -0.2) is 16.0 Å². The van der Waals surface area contributed by atoms with Crippen LogP contribution >= 0.6 is 11.6 Å². The number of aryl methyl sites for hydroxylation is 1. The van der Waals surface area contributed by atoms with Gasteiger partial charge in [0.15, 0.2) is 0 Å². The molecule has 2 rings (SSSR count). The summed E-state index contributed by atoms with van der Waals surface area (Å²) in [4.78, 5) is 8.53. The van der Waals surface area contributed by atoms with Crippen molar-refractivity contribution in [2.24, 2.45) is 0 Å². The van der Waals surface area contributed by atoms with E-state index >= 15 is 0 Å². The van der Waals surface area contributed by atoms with Crippen LogP contribution in [-0.2, 0) is 6.42 Å². The van der Waals surface area contributed by atoms with Crippen molar-refractivity contribution in [1.82, 2.24) is 9.97 Å². The molecule has 1 N–H and O–H groups in total. The third-order valence-electron chi connectivity index (χ3n) is 3.47. The summed E-state index contributed by atoms with van der Waals surface area (Å²) in [6.07, 6.45) is 9.89. The van der Waals surface area contributed by atoms with Crippen LogP contribution in [0, 0.1) is 0 Å². The summed E-state index contributed by atoms with van der Waals surface area (Å²) < 4.78 is 0. The van der Waals surface area contributed by atoms with E-state index in [1.54, 1.807) is 0 Å². The molecule has 1 fully saturated rings. The molecule has 1 aromatic rings. The van der Waals surface area contributed by atoms with Gasteiger partial charge < -0.3 is 5.32 Å². The van der Waals surface area contributed by atoms with Crippen LogP contribution in [0.4, 0.5) is 5.82 Å². The lowest BCUT2D eigenvalue weighted by Crippen LogP contribution is -2.19. The Labute approximate surface area is 114 Å². The van der Waals surface area contributed by atoms with Crippen molar-refractivity contribution in [3.05, 3.63) is 17.0 Å². The van der Waals surface area contributed by atoms with Gasteiger partial charge in [0.25, 0.3) is 0 Å². The van der Waals surface area contributed by atoms with E-state index in [-0.39, 0.29) is 0 Å². The molecular formula is C14H22ClN3. The van der Waals surface area contributed by atoms with Crippen molar-refractivity contribution in [1.29, 1.82) is 0 Å². The van der Waals surface area contributed by atoms with Crippen LogP contribution in [0.25, 0.3) is 0 Å². The molecule has 4 heteroatoms. The Morgan fingerprint density at radius 2 is 1.94 bits per heavy atom. The Hall–Kier alpha value is -0.830. The van der Waals surface area contributed by atoms with E-state index in [1.807, 2.05) is 6.07 Å².